The maximum atomic E-state index is 11.6. The molecule has 0 bridgehead atoms. The van der Waals surface area contributed by atoms with E-state index in [2.05, 4.69) is 0 Å². The molecule has 0 saturated heterocycles. The van der Waals surface area contributed by atoms with Crippen molar-refractivity contribution in [2.75, 3.05) is 0 Å². The fourth-order valence-corrected chi connectivity index (χ4v) is 3.62. The smallest absolute Gasteiger partial charge is 0.293 e. The molecule has 128 valence electrons. The predicted molar refractivity (Wildman–Crippen MR) is 93.7 cm³/mol. The lowest BCUT2D eigenvalue weighted by molar-refractivity contribution is -0.447. The number of nitrogens with zero attached hydrogens (tertiary/aromatic N) is 3. The van der Waals surface area contributed by atoms with Gasteiger partial charge < -0.3 is 11.5 Å². The Morgan fingerprint density at radius 1 is 1.25 bits per heavy atom. The first-order chi connectivity index (χ1) is 10.9. The van der Waals surface area contributed by atoms with Gasteiger partial charge in [-0.2, -0.15) is 5.26 Å². The second-order valence-electron chi connectivity index (χ2n) is 5.58. The molecule has 2 atom stereocenters. The molecule has 0 heterocycles. The summed E-state index contributed by atoms with van der Waals surface area (Å²) < 4.78 is 0. The molecule has 0 spiro atoms. The van der Waals surface area contributed by atoms with Crippen molar-refractivity contribution in [1.29, 1.82) is 5.26 Å². The molecular formula is C13H15N5O4S2. The van der Waals surface area contributed by atoms with E-state index in [0.29, 0.717) is 0 Å². The quantitative estimate of drug-likeness (QED) is 0.414. The Balaban J connectivity index is 4.24. The molecule has 4 N–H and O–H groups in total. The normalized spacial score (nSPS) is 23.9. The van der Waals surface area contributed by atoms with Crippen molar-refractivity contribution in [3.8, 4) is 6.07 Å². The van der Waals surface area contributed by atoms with Gasteiger partial charge in [-0.25, -0.2) is 0 Å². The van der Waals surface area contributed by atoms with Crippen LogP contribution in [0.15, 0.2) is 22.5 Å². The molecule has 0 aliphatic heterocycles. The largest absolute Gasteiger partial charge is 0.389 e. The van der Waals surface area contributed by atoms with Crippen LogP contribution in [0.2, 0.25) is 0 Å². The number of allylic oxidation sites excluding steroid dienone is 1. The molecule has 24 heavy (non-hydrogen) atoms. The Kier molecular flexibility index (Phi) is 5.37. The molecule has 0 aromatic carbocycles. The Morgan fingerprint density at radius 2 is 1.75 bits per heavy atom. The molecule has 11 heteroatoms. The van der Waals surface area contributed by atoms with Crippen molar-refractivity contribution in [2.24, 2.45) is 28.7 Å². The highest BCUT2D eigenvalue weighted by Crippen LogP contribution is 2.52. The van der Waals surface area contributed by atoms with Crippen LogP contribution in [-0.2, 0) is 0 Å². The molecule has 0 fully saturated rings. The molecule has 1 rings (SSSR count). The van der Waals surface area contributed by atoms with E-state index in [9.17, 15) is 25.5 Å². The highest BCUT2D eigenvalue weighted by molar-refractivity contribution is 7.81. The summed E-state index contributed by atoms with van der Waals surface area (Å²) in [5.74, 6) is -1.61. The summed E-state index contributed by atoms with van der Waals surface area (Å²) >= 11 is 9.72. The molecular weight excluding hydrogens is 354 g/mol. The molecule has 0 aromatic rings. The second kappa shape index (κ2) is 6.58. The van der Waals surface area contributed by atoms with Gasteiger partial charge in [-0.05, 0) is 5.92 Å². The topological polar surface area (TPSA) is 162 Å². The van der Waals surface area contributed by atoms with Crippen molar-refractivity contribution in [3.05, 3.63) is 42.8 Å². The number of hydrogen-bond acceptors (Lipinski definition) is 7. The average molecular weight is 369 g/mol. The number of hydrogen-bond donors (Lipinski definition) is 2. The number of thiocarbonyl (C=S) groups is 2. The lowest BCUT2D eigenvalue weighted by Gasteiger charge is -2.39. The van der Waals surface area contributed by atoms with E-state index in [0.717, 1.165) is 0 Å². The van der Waals surface area contributed by atoms with Gasteiger partial charge in [0.1, 0.15) is 15.4 Å². The van der Waals surface area contributed by atoms with Crippen molar-refractivity contribution in [2.45, 2.75) is 20.8 Å². The lowest BCUT2D eigenvalue weighted by Crippen LogP contribution is -2.47. The third-order valence-corrected chi connectivity index (χ3v) is 4.61. The Morgan fingerprint density at radius 3 is 2.00 bits per heavy atom. The van der Waals surface area contributed by atoms with Gasteiger partial charge in [0.2, 0.25) is 0 Å². The average Bonchev–Trinajstić information content (AvgIpc) is 2.44. The minimum absolute atomic E-state index is 0.249. The summed E-state index contributed by atoms with van der Waals surface area (Å²) in [5.41, 5.74) is 7.43. The van der Waals surface area contributed by atoms with Gasteiger partial charge in [0.05, 0.1) is 27.4 Å². The zero-order valence-electron chi connectivity index (χ0n) is 13.1. The second-order valence-corrected chi connectivity index (χ2v) is 6.46. The molecule has 2 unspecified atom stereocenters. The monoisotopic (exact) mass is 369 g/mol. The van der Waals surface area contributed by atoms with Crippen LogP contribution in [0, 0.1) is 48.8 Å². The number of nitrogens with two attached hydrogens (primary N) is 2. The molecule has 0 radical (unpaired) electrons. The maximum Gasteiger partial charge on any atom is 0.293 e. The Bertz CT molecular complexity index is 765. The molecule has 1 aliphatic carbocycles. The predicted octanol–water partition coefficient (Wildman–Crippen LogP) is 1.44. The summed E-state index contributed by atoms with van der Waals surface area (Å²) in [7, 11) is 0. The van der Waals surface area contributed by atoms with E-state index in [4.69, 9.17) is 35.9 Å². The van der Waals surface area contributed by atoms with Crippen LogP contribution in [0.25, 0.3) is 0 Å². The summed E-state index contributed by atoms with van der Waals surface area (Å²) in [6, 6.07) is 1.97. The first kappa shape index (κ1) is 19.6. The first-order valence-corrected chi connectivity index (χ1v) is 7.55. The van der Waals surface area contributed by atoms with Crippen LogP contribution in [0.3, 0.4) is 0 Å². The van der Waals surface area contributed by atoms with Gasteiger partial charge in [-0.1, -0.05) is 45.2 Å². The zero-order valence-corrected chi connectivity index (χ0v) is 14.7. The van der Waals surface area contributed by atoms with Gasteiger partial charge in [0, 0.05) is 0 Å². The van der Waals surface area contributed by atoms with Crippen LogP contribution in [0.5, 0.6) is 0 Å². The van der Waals surface area contributed by atoms with Crippen molar-refractivity contribution >= 4 is 34.4 Å². The number of nitriles is 1. The lowest BCUT2D eigenvalue weighted by atomic mass is 9.59. The molecule has 0 saturated carbocycles. The van der Waals surface area contributed by atoms with Crippen molar-refractivity contribution in [1.82, 2.24) is 0 Å². The van der Waals surface area contributed by atoms with Crippen molar-refractivity contribution in [3.63, 3.8) is 0 Å². The van der Waals surface area contributed by atoms with Crippen LogP contribution in [0.4, 0.5) is 0 Å². The highest BCUT2D eigenvalue weighted by Gasteiger charge is 2.59. The minimum Gasteiger partial charge on any atom is -0.389 e. The minimum atomic E-state index is -1.65. The van der Waals surface area contributed by atoms with E-state index in [1.165, 1.54) is 6.92 Å². The molecule has 1 aliphatic rings. The van der Waals surface area contributed by atoms with Crippen LogP contribution in [0.1, 0.15) is 20.8 Å². The van der Waals surface area contributed by atoms with Gasteiger partial charge in [0.25, 0.3) is 11.4 Å². The fraction of sp³-hybridized carbons (Fsp3) is 0.462. The maximum absolute atomic E-state index is 11.6. The zero-order chi connectivity index (χ0) is 19.0. The molecule has 9 nitrogen and oxygen atoms in total. The molecule has 0 amide bonds. The third kappa shape index (κ3) is 2.63. The van der Waals surface area contributed by atoms with Crippen LogP contribution < -0.4 is 11.5 Å². The highest BCUT2D eigenvalue weighted by atomic mass is 32.1. The van der Waals surface area contributed by atoms with E-state index in [1.807, 2.05) is 6.07 Å². The standard InChI is InChI=1S/C13H15N5O4S2/c1-5(2)13(4-14)6(3)9(17(19)20)7(11(15)23)10(18(21)22)8(13)12(16)24/h5-6H,1-3H3,(H2,15,23)(H2,16,24). The SMILES string of the molecule is CC(C)C1(C#N)C(C(N)=S)=C([N+](=O)[O-])C(C(N)=S)=C([N+](=O)[O-])C1C. The van der Waals surface area contributed by atoms with Gasteiger partial charge in [-0.3, -0.25) is 20.2 Å². The van der Waals surface area contributed by atoms with E-state index in [-0.39, 0.29) is 10.6 Å². The van der Waals surface area contributed by atoms with Crippen molar-refractivity contribution < 1.29 is 9.85 Å². The van der Waals surface area contributed by atoms with Crippen LogP contribution >= 0.6 is 24.4 Å². The van der Waals surface area contributed by atoms with Gasteiger partial charge in [0.15, 0.2) is 5.57 Å². The summed E-state index contributed by atoms with van der Waals surface area (Å²) in [5, 5.41) is 33.0. The van der Waals surface area contributed by atoms with E-state index in [1.54, 1.807) is 13.8 Å². The summed E-state index contributed by atoms with van der Waals surface area (Å²) in [6.07, 6.45) is 0. The fourth-order valence-electron chi connectivity index (χ4n) is 3.16. The van der Waals surface area contributed by atoms with E-state index >= 15 is 0 Å². The first-order valence-electron chi connectivity index (χ1n) is 6.73. The third-order valence-electron chi connectivity index (χ3n) is 4.20. The van der Waals surface area contributed by atoms with Gasteiger partial charge in [-0.15, -0.1) is 0 Å². The summed E-state index contributed by atoms with van der Waals surface area (Å²) in [6.45, 7) is 4.63. The number of nitro groups is 2. The number of rotatable bonds is 5. The Labute approximate surface area is 148 Å². The molecule has 0 aromatic heterocycles. The van der Waals surface area contributed by atoms with E-state index < -0.39 is 49.1 Å². The Hall–Kier alpha value is -2.45. The summed E-state index contributed by atoms with van der Waals surface area (Å²) in [4.78, 5) is 20.6. The van der Waals surface area contributed by atoms with Gasteiger partial charge >= 0.3 is 0 Å². The van der Waals surface area contributed by atoms with Crippen LogP contribution in [-0.4, -0.2) is 19.8 Å².